The summed E-state index contributed by atoms with van der Waals surface area (Å²) in [5.74, 6) is 0. The van der Waals surface area contributed by atoms with Gasteiger partial charge in [-0.3, -0.25) is 0 Å². The van der Waals surface area contributed by atoms with Gasteiger partial charge in [0.15, 0.2) is 0 Å². The first-order valence-electron chi connectivity index (χ1n) is 4.52. The zero-order valence-corrected chi connectivity index (χ0v) is 9.76. The van der Waals surface area contributed by atoms with Crippen molar-refractivity contribution in [2.45, 2.75) is 12.2 Å². The third-order valence-electron chi connectivity index (χ3n) is 2.05. The summed E-state index contributed by atoms with van der Waals surface area (Å²) in [6, 6.07) is 4.77. The Hall–Kier alpha value is -0.320. The molecular formula is C10H13Cl2NO2. The summed E-state index contributed by atoms with van der Waals surface area (Å²) in [5.41, 5.74) is 0.437. The Morgan fingerprint density at radius 3 is 2.60 bits per heavy atom. The minimum absolute atomic E-state index is 0.282. The van der Waals surface area contributed by atoms with Gasteiger partial charge in [0.05, 0.1) is 6.10 Å². The highest BCUT2D eigenvalue weighted by Gasteiger charge is 2.20. The van der Waals surface area contributed by atoms with E-state index in [9.17, 15) is 10.2 Å². The van der Waals surface area contributed by atoms with E-state index in [-0.39, 0.29) is 6.54 Å². The van der Waals surface area contributed by atoms with Gasteiger partial charge in [0.25, 0.3) is 0 Å². The highest BCUT2D eigenvalue weighted by molar-refractivity contribution is 6.33. The van der Waals surface area contributed by atoms with E-state index in [2.05, 4.69) is 5.32 Å². The molecule has 3 nitrogen and oxygen atoms in total. The van der Waals surface area contributed by atoms with Crippen molar-refractivity contribution in [1.29, 1.82) is 0 Å². The highest BCUT2D eigenvalue weighted by atomic mass is 35.5. The molecule has 1 rings (SSSR count). The second-order valence-corrected chi connectivity index (χ2v) is 4.08. The third kappa shape index (κ3) is 3.33. The van der Waals surface area contributed by atoms with Gasteiger partial charge in [-0.05, 0) is 25.2 Å². The van der Waals surface area contributed by atoms with Crippen molar-refractivity contribution in [1.82, 2.24) is 5.32 Å². The topological polar surface area (TPSA) is 52.5 Å². The van der Waals surface area contributed by atoms with Gasteiger partial charge >= 0.3 is 0 Å². The minimum Gasteiger partial charge on any atom is -0.389 e. The Morgan fingerprint density at radius 2 is 2.00 bits per heavy atom. The van der Waals surface area contributed by atoms with Crippen LogP contribution in [0.1, 0.15) is 11.7 Å². The molecule has 0 aromatic heterocycles. The lowest BCUT2D eigenvalue weighted by Gasteiger charge is -2.19. The van der Waals surface area contributed by atoms with Crippen LogP contribution in [0, 0.1) is 0 Å². The van der Waals surface area contributed by atoms with Gasteiger partial charge in [0.2, 0.25) is 0 Å². The molecule has 5 heteroatoms. The fourth-order valence-electron chi connectivity index (χ4n) is 1.27. The summed E-state index contributed by atoms with van der Waals surface area (Å²) in [7, 11) is 1.69. The summed E-state index contributed by atoms with van der Waals surface area (Å²) in [6.45, 7) is 0.282. The standard InChI is InChI=1S/C10H13Cl2NO2/c1-13-5-9(14)10(15)7-4-6(11)2-3-8(7)12/h2-4,9-10,13-15H,5H2,1H3. The van der Waals surface area contributed by atoms with Gasteiger partial charge in [-0.1, -0.05) is 23.2 Å². The van der Waals surface area contributed by atoms with Crippen LogP contribution in [0.25, 0.3) is 0 Å². The van der Waals surface area contributed by atoms with Crippen LogP contribution in [0.2, 0.25) is 10.0 Å². The lowest BCUT2D eigenvalue weighted by molar-refractivity contribution is 0.0203. The fourth-order valence-corrected chi connectivity index (χ4v) is 1.68. The molecule has 2 unspecified atom stereocenters. The van der Waals surface area contributed by atoms with Crippen LogP contribution in [0.4, 0.5) is 0 Å². The number of hydrogen-bond acceptors (Lipinski definition) is 3. The molecule has 0 bridgehead atoms. The highest BCUT2D eigenvalue weighted by Crippen LogP contribution is 2.28. The summed E-state index contributed by atoms with van der Waals surface area (Å²) < 4.78 is 0. The van der Waals surface area contributed by atoms with Crippen molar-refractivity contribution in [2.75, 3.05) is 13.6 Å². The average molecular weight is 250 g/mol. The first-order valence-corrected chi connectivity index (χ1v) is 5.27. The lowest BCUT2D eigenvalue weighted by Crippen LogP contribution is -2.29. The first-order chi connectivity index (χ1) is 7.06. The number of likely N-dealkylation sites (N-methyl/N-ethyl adjacent to an activating group) is 1. The molecule has 0 saturated carbocycles. The summed E-state index contributed by atoms with van der Waals surface area (Å²) in [4.78, 5) is 0. The molecule has 0 radical (unpaired) electrons. The maximum Gasteiger partial charge on any atom is 0.108 e. The molecular weight excluding hydrogens is 237 g/mol. The van der Waals surface area contributed by atoms with Crippen molar-refractivity contribution in [3.05, 3.63) is 33.8 Å². The van der Waals surface area contributed by atoms with Gasteiger partial charge < -0.3 is 15.5 Å². The molecule has 0 fully saturated rings. The Balaban J connectivity index is 2.89. The van der Waals surface area contributed by atoms with E-state index in [1.54, 1.807) is 25.2 Å². The SMILES string of the molecule is CNCC(O)C(O)c1cc(Cl)ccc1Cl. The van der Waals surface area contributed by atoms with E-state index in [4.69, 9.17) is 23.2 Å². The van der Waals surface area contributed by atoms with Crippen molar-refractivity contribution >= 4 is 23.2 Å². The molecule has 1 aromatic carbocycles. The third-order valence-corrected chi connectivity index (χ3v) is 2.63. The van der Waals surface area contributed by atoms with Gasteiger partial charge in [0, 0.05) is 22.2 Å². The number of hydrogen-bond donors (Lipinski definition) is 3. The first kappa shape index (κ1) is 12.7. The largest absolute Gasteiger partial charge is 0.389 e. The number of rotatable bonds is 4. The average Bonchev–Trinajstić information content (AvgIpc) is 2.21. The monoisotopic (exact) mass is 249 g/mol. The molecule has 1 aromatic rings. The molecule has 0 spiro atoms. The number of halogens is 2. The van der Waals surface area contributed by atoms with Crippen LogP contribution in [0.3, 0.4) is 0 Å². The van der Waals surface area contributed by atoms with Crippen LogP contribution in [0.5, 0.6) is 0 Å². The maximum absolute atomic E-state index is 9.79. The van der Waals surface area contributed by atoms with E-state index >= 15 is 0 Å². The van der Waals surface area contributed by atoms with Gasteiger partial charge in [-0.25, -0.2) is 0 Å². The van der Waals surface area contributed by atoms with Gasteiger partial charge in [-0.15, -0.1) is 0 Å². The Kier molecular flexibility index (Phi) is 4.83. The van der Waals surface area contributed by atoms with Crippen molar-refractivity contribution in [2.24, 2.45) is 0 Å². The van der Waals surface area contributed by atoms with Crippen LogP contribution in [-0.4, -0.2) is 29.9 Å². The predicted octanol–water partition coefficient (Wildman–Crippen LogP) is 1.61. The number of nitrogens with one attached hydrogen (secondary N) is 1. The molecule has 3 N–H and O–H groups in total. The van der Waals surface area contributed by atoms with Gasteiger partial charge in [-0.2, -0.15) is 0 Å². The smallest absolute Gasteiger partial charge is 0.108 e. The van der Waals surface area contributed by atoms with Gasteiger partial charge in [0.1, 0.15) is 6.10 Å². The fraction of sp³-hybridized carbons (Fsp3) is 0.400. The van der Waals surface area contributed by atoms with E-state index in [1.807, 2.05) is 0 Å². The molecule has 0 aliphatic heterocycles. The van der Waals surface area contributed by atoms with Crippen LogP contribution in [-0.2, 0) is 0 Å². The normalized spacial score (nSPS) is 15.0. The Bertz CT molecular complexity index is 333. The molecule has 0 heterocycles. The molecule has 84 valence electrons. The minimum atomic E-state index is -1.04. The molecule has 0 saturated heterocycles. The molecule has 0 amide bonds. The summed E-state index contributed by atoms with van der Waals surface area (Å²) in [6.07, 6.45) is -1.95. The molecule has 0 aliphatic rings. The summed E-state index contributed by atoms with van der Waals surface area (Å²) >= 11 is 11.7. The molecule has 0 aliphatic carbocycles. The van der Waals surface area contributed by atoms with Crippen LogP contribution >= 0.6 is 23.2 Å². The van der Waals surface area contributed by atoms with E-state index in [0.717, 1.165) is 0 Å². The lowest BCUT2D eigenvalue weighted by atomic mass is 10.0. The van der Waals surface area contributed by atoms with Crippen LogP contribution in [0.15, 0.2) is 18.2 Å². The molecule has 15 heavy (non-hydrogen) atoms. The van der Waals surface area contributed by atoms with E-state index in [0.29, 0.717) is 15.6 Å². The van der Waals surface area contributed by atoms with E-state index in [1.165, 1.54) is 0 Å². The zero-order chi connectivity index (χ0) is 11.4. The maximum atomic E-state index is 9.79. The number of aliphatic hydroxyl groups excluding tert-OH is 2. The van der Waals surface area contributed by atoms with Crippen molar-refractivity contribution < 1.29 is 10.2 Å². The van der Waals surface area contributed by atoms with E-state index < -0.39 is 12.2 Å². The summed E-state index contributed by atoms with van der Waals surface area (Å²) in [5, 5.41) is 23.0. The zero-order valence-electron chi connectivity index (χ0n) is 8.24. The van der Waals surface area contributed by atoms with Crippen LogP contribution < -0.4 is 5.32 Å². The quantitative estimate of drug-likeness (QED) is 0.760. The number of aliphatic hydroxyl groups is 2. The number of benzene rings is 1. The van der Waals surface area contributed by atoms with Crippen molar-refractivity contribution in [3.8, 4) is 0 Å². The Labute approximate surface area is 98.6 Å². The van der Waals surface area contributed by atoms with Crippen molar-refractivity contribution in [3.63, 3.8) is 0 Å². The second kappa shape index (κ2) is 5.68. The Morgan fingerprint density at radius 1 is 1.33 bits per heavy atom. The second-order valence-electron chi connectivity index (χ2n) is 3.24. The predicted molar refractivity (Wildman–Crippen MR) is 61.4 cm³/mol. The molecule has 2 atom stereocenters.